The summed E-state index contributed by atoms with van der Waals surface area (Å²) in [4.78, 5) is 10.5. The van der Waals surface area contributed by atoms with E-state index in [9.17, 15) is 4.79 Å². The first kappa shape index (κ1) is 9.00. The molecule has 1 aromatic rings. The van der Waals surface area contributed by atoms with Crippen molar-refractivity contribution in [2.45, 2.75) is 26.5 Å². The molecule has 0 atom stereocenters. The molecule has 0 aliphatic heterocycles. The first-order chi connectivity index (χ1) is 5.83. The molecule has 1 aromatic heterocycles. The number of nitrogens with zero attached hydrogens (tertiary/aromatic N) is 1. The number of rotatable bonds is 4. The molecule has 1 rings (SSSR count). The number of carbonyl (C=O) groups excluding carboxylic acids is 1. The van der Waals surface area contributed by atoms with Crippen molar-refractivity contribution in [2.75, 3.05) is 0 Å². The summed E-state index contributed by atoms with van der Waals surface area (Å²) in [5.41, 5.74) is 1.44. The SMILES string of the molecule is CCCn1c(C=O)ccc1CO. The number of aldehydes is 1. The summed E-state index contributed by atoms with van der Waals surface area (Å²) in [6, 6.07) is 3.51. The molecule has 1 N–H and O–H groups in total. The Labute approximate surface area is 71.6 Å². The lowest BCUT2D eigenvalue weighted by Crippen LogP contribution is -2.05. The molecular formula is C9H13NO2. The third kappa shape index (κ3) is 1.56. The highest BCUT2D eigenvalue weighted by Crippen LogP contribution is 2.08. The van der Waals surface area contributed by atoms with E-state index in [4.69, 9.17) is 5.11 Å². The van der Waals surface area contributed by atoms with Gasteiger partial charge in [0, 0.05) is 12.2 Å². The molecule has 3 heteroatoms. The van der Waals surface area contributed by atoms with Gasteiger partial charge in [-0.15, -0.1) is 0 Å². The molecule has 0 spiro atoms. The topological polar surface area (TPSA) is 42.2 Å². The minimum atomic E-state index is -0.00611. The zero-order chi connectivity index (χ0) is 8.97. The molecule has 3 nitrogen and oxygen atoms in total. The largest absolute Gasteiger partial charge is 0.390 e. The maximum atomic E-state index is 10.5. The molecule has 0 fully saturated rings. The Morgan fingerprint density at radius 1 is 1.58 bits per heavy atom. The van der Waals surface area contributed by atoms with Crippen LogP contribution in [0, 0.1) is 0 Å². The van der Waals surface area contributed by atoms with Crippen molar-refractivity contribution < 1.29 is 9.90 Å². The Morgan fingerprint density at radius 2 is 2.33 bits per heavy atom. The summed E-state index contributed by atoms with van der Waals surface area (Å²) >= 11 is 0. The standard InChI is InChI=1S/C9H13NO2/c1-2-5-10-8(6-11)3-4-9(10)7-12/h3-4,6,12H,2,5,7H2,1H3. The number of aromatic nitrogens is 1. The minimum Gasteiger partial charge on any atom is -0.390 e. The zero-order valence-corrected chi connectivity index (χ0v) is 7.16. The molecule has 0 unspecified atom stereocenters. The van der Waals surface area contributed by atoms with Crippen molar-refractivity contribution >= 4 is 6.29 Å². The van der Waals surface area contributed by atoms with Crippen LogP contribution in [0.4, 0.5) is 0 Å². The Morgan fingerprint density at radius 3 is 2.83 bits per heavy atom. The fraction of sp³-hybridized carbons (Fsp3) is 0.444. The van der Waals surface area contributed by atoms with Crippen LogP contribution >= 0.6 is 0 Å². The number of carbonyl (C=O) groups is 1. The highest BCUT2D eigenvalue weighted by atomic mass is 16.3. The molecule has 0 radical (unpaired) electrons. The van der Waals surface area contributed by atoms with E-state index >= 15 is 0 Å². The van der Waals surface area contributed by atoms with Gasteiger partial charge in [0.2, 0.25) is 0 Å². The van der Waals surface area contributed by atoms with Gasteiger partial charge in [-0.25, -0.2) is 0 Å². The summed E-state index contributed by atoms with van der Waals surface area (Å²) < 4.78 is 1.84. The van der Waals surface area contributed by atoms with Gasteiger partial charge in [0.1, 0.15) is 0 Å². The zero-order valence-electron chi connectivity index (χ0n) is 7.16. The number of aliphatic hydroxyl groups is 1. The number of hydrogen-bond acceptors (Lipinski definition) is 2. The Bertz CT molecular complexity index is 265. The summed E-state index contributed by atoms with van der Waals surface area (Å²) in [5, 5.41) is 8.92. The van der Waals surface area contributed by atoms with Gasteiger partial charge >= 0.3 is 0 Å². The lowest BCUT2D eigenvalue weighted by molar-refractivity contribution is 0.111. The molecule has 66 valence electrons. The normalized spacial score (nSPS) is 10.2. The maximum absolute atomic E-state index is 10.5. The second kappa shape index (κ2) is 4.07. The molecule has 0 amide bonds. The Balaban J connectivity index is 2.98. The van der Waals surface area contributed by atoms with Crippen molar-refractivity contribution in [3.63, 3.8) is 0 Å². The van der Waals surface area contributed by atoms with Crippen LogP contribution in [-0.2, 0) is 13.2 Å². The molecule has 0 saturated carbocycles. The summed E-state index contributed by atoms with van der Waals surface area (Å²) in [6.07, 6.45) is 1.78. The maximum Gasteiger partial charge on any atom is 0.166 e. The average molecular weight is 167 g/mol. The predicted molar refractivity (Wildman–Crippen MR) is 46.0 cm³/mol. The van der Waals surface area contributed by atoms with Gasteiger partial charge in [0.25, 0.3) is 0 Å². The molecule has 0 aliphatic carbocycles. The van der Waals surface area contributed by atoms with Crippen molar-refractivity contribution in [3.05, 3.63) is 23.5 Å². The first-order valence-electron chi connectivity index (χ1n) is 4.08. The van der Waals surface area contributed by atoms with Crippen LogP contribution in [0.15, 0.2) is 12.1 Å². The van der Waals surface area contributed by atoms with E-state index in [1.807, 2.05) is 11.5 Å². The van der Waals surface area contributed by atoms with E-state index in [2.05, 4.69) is 0 Å². The molecule has 0 bridgehead atoms. The van der Waals surface area contributed by atoms with Gasteiger partial charge in [-0.2, -0.15) is 0 Å². The molecule has 12 heavy (non-hydrogen) atoms. The van der Waals surface area contributed by atoms with Gasteiger partial charge in [0.15, 0.2) is 6.29 Å². The van der Waals surface area contributed by atoms with E-state index in [0.717, 1.165) is 24.9 Å². The van der Waals surface area contributed by atoms with E-state index in [1.165, 1.54) is 0 Å². The number of aliphatic hydroxyl groups excluding tert-OH is 1. The fourth-order valence-electron chi connectivity index (χ4n) is 1.26. The van der Waals surface area contributed by atoms with Gasteiger partial charge in [0.05, 0.1) is 12.3 Å². The molecule has 0 aromatic carbocycles. The highest BCUT2D eigenvalue weighted by molar-refractivity contribution is 5.72. The van der Waals surface area contributed by atoms with E-state index in [1.54, 1.807) is 12.1 Å². The van der Waals surface area contributed by atoms with Crippen molar-refractivity contribution in [1.29, 1.82) is 0 Å². The van der Waals surface area contributed by atoms with Crippen LogP contribution in [0.1, 0.15) is 29.5 Å². The van der Waals surface area contributed by atoms with E-state index < -0.39 is 0 Å². The Kier molecular flexibility index (Phi) is 3.05. The third-order valence-electron chi connectivity index (χ3n) is 1.83. The van der Waals surface area contributed by atoms with Crippen molar-refractivity contribution in [1.82, 2.24) is 4.57 Å². The summed E-state index contributed by atoms with van der Waals surface area (Å²) in [7, 11) is 0. The van der Waals surface area contributed by atoms with Crippen LogP contribution in [0.3, 0.4) is 0 Å². The molecule has 1 heterocycles. The summed E-state index contributed by atoms with van der Waals surface area (Å²) in [5.74, 6) is 0. The van der Waals surface area contributed by atoms with Gasteiger partial charge in [-0.05, 0) is 18.6 Å². The van der Waals surface area contributed by atoms with E-state index in [0.29, 0.717) is 5.69 Å². The first-order valence-corrected chi connectivity index (χ1v) is 4.08. The van der Waals surface area contributed by atoms with Crippen LogP contribution < -0.4 is 0 Å². The minimum absolute atomic E-state index is 0.00611. The van der Waals surface area contributed by atoms with Gasteiger partial charge in [-0.1, -0.05) is 6.92 Å². The monoisotopic (exact) mass is 167 g/mol. The van der Waals surface area contributed by atoms with Crippen LogP contribution in [0.2, 0.25) is 0 Å². The lowest BCUT2D eigenvalue weighted by atomic mass is 10.4. The smallest absolute Gasteiger partial charge is 0.166 e. The van der Waals surface area contributed by atoms with Crippen LogP contribution in [0.25, 0.3) is 0 Å². The van der Waals surface area contributed by atoms with Crippen LogP contribution in [-0.4, -0.2) is 16.0 Å². The fourth-order valence-corrected chi connectivity index (χ4v) is 1.26. The highest BCUT2D eigenvalue weighted by Gasteiger charge is 2.04. The quantitative estimate of drug-likeness (QED) is 0.685. The predicted octanol–water partition coefficient (Wildman–Crippen LogP) is 1.20. The second-order valence-electron chi connectivity index (χ2n) is 2.68. The third-order valence-corrected chi connectivity index (χ3v) is 1.83. The molecule has 0 saturated heterocycles. The lowest BCUT2D eigenvalue weighted by Gasteiger charge is -2.06. The molecular weight excluding hydrogens is 154 g/mol. The average Bonchev–Trinajstić information content (AvgIpc) is 2.48. The summed E-state index contributed by atoms with van der Waals surface area (Å²) in [6.45, 7) is 2.82. The van der Waals surface area contributed by atoms with Gasteiger partial charge in [-0.3, -0.25) is 4.79 Å². The van der Waals surface area contributed by atoms with Crippen molar-refractivity contribution in [3.8, 4) is 0 Å². The van der Waals surface area contributed by atoms with Gasteiger partial charge < -0.3 is 9.67 Å². The second-order valence-corrected chi connectivity index (χ2v) is 2.68. The van der Waals surface area contributed by atoms with Crippen molar-refractivity contribution in [2.24, 2.45) is 0 Å². The number of hydrogen-bond donors (Lipinski definition) is 1. The Hall–Kier alpha value is -1.09. The van der Waals surface area contributed by atoms with E-state index in [-0.39, 0.29) is 6.61 Å². The molecule has 0 aliphatic rings. The van der Waals surface area contributed by atoms with Crippen LogP contribution in [0.5, 0.6) is 0 Å².